The molecule has 4 aromatic rings. The third kappa shape index (κ3) is 3.26. The van der Waals surface area contributed by atoms with Crippen LogP contribution in [0.1, 0.15) is 0 Å². The van der Waals surface area contributed by atoms with Gasteiger partial charge >= 0.3 is 0 Å². The lowest BCUT2D eigenvalue weighted by Crippen LogP contribution is -2.19. The summed E-state index contributed by atoms with van der Waals surface area (Å²) in [6, 6.07) is 18.0. The van der Waals surface area contributed by atoms with Gasteiger partial charge in [0.25, 0.3) is 0 Å². The maximum absolute atomic E-state index is 6.02. The number of fused-ring (bicyclic) bond motifs is 3. The first-order chi connectivity index (χ1) is 12.6. The van der Waals surface area contributed by atoms with Crippen LogP contribution in [0, 0.1) is 0 Å². The monoisotopic (exact) mass is 365 g/mol. The summed E-state index contributed by atoms with van der Waals surface area (Å²) in [5.41, 5.74) is 4.06. The number of aromatic nitrogens is 2. The lowest BCUT2D eigenvalue weighted by molar-refractivity contribution is 0.257. The maximum Gasteiger partial charge on any atom is 0.223 e. The lowest BCUT2D eigenvalue weighted by atomic mass is 10.1. The van der Waals surface area contributed by atoms with E-state index >= 15 is 0 Å². The second kappa shape index (κ2) is 6.98. The number of nitrogens with zero attached hydrogens (tertiary/aromatic N) is 2. The molecule has 5 heteroatoms. The van der Waals surface area contributed by atoms with Gasteiger partial charge in [0.15, 0.2) is 0 Å². The number of hydrogen-bond acceptors (Lipinski definition) is 3. The first kappa shape index (κ1) is 16.9. The van der Waals surface area contributed by atoms with E-state index in [-0.39, 0.29) is 0 Å². The van der Waals surface area contributed by atoms with Crippen LogP contribution in [0.15, 0.2) is 54.6 Å². The zero-order valence-electron chi connectivity index (χ0n) is 14.8. The van der Waals surface area contributed by atoms with E-state index in [9.17, 15) is 0 Å². The van der Waals surface area contributed by atoms with Crippen LogP contribution in [0.3, 0.4) is 0 Å². The van der Waals surface area contributed by atoms with E-state index in [2.05, 4.69) is 22.0 Å². The molecule has 2 aromatic carbocycles. The summed E-state index contributed by atoms with van der Waals surface area (Å²) in [4.78, 5) is 10.4. The van der Waals surface area contributed by atoms with E-state index in [0.29, 0.717) is 12.5 Å². The summed E-state index contributed by atoms with van der Waals surface area (Å²) in [6.07, 6.45) is 0. The Kier molecular flexibility index (Phi) is 4.53. The molecule has 0 aliphatic heterocycles. The number of aromatic amines is 1. The lowest BCUT2D eigenvalue weighted by Gasteiger charge is -2.11. The number of ether oxygens (including phenoxy) is 1. The fraction of sp³-hybridized carbons (Fsp3) is 0.190. The normalized spacial score (nSPS) is 11.5. The molecule has 4 nitrogen and oxygen atoms in total. The molecule has 4 rings (SSSR count). The van der Waals surface area contributed by atoms with Crippen molar-refractivity contribution in [2.24, 2.45) is 0 Å². The van der Waals surface area contributed by atoms with E-state index in [4.69, 9.17) is 21.3 Å². The van der Waals surface area contributed by atoms with Crippen molar-refractivity contribution in [3.63, 3.8) is 0 Å². The average Bonchev–Trinajstić information content (AvgIpc) is 3.08. The summed E-state index contributed by atoms with van der Waals surface area (Å²) >= 11 is 6.02. The van der Waals surface area contributed by atoms with Gasteiger partial charge in [-0.05, 0) is 43.9 Å². The Morgan fingerprint density at radius 2 is 1.81 bits per heavy atom. The van der Waals surface area contributed by atoms with Crippen molar-refractivity contribution in [2.45, 2.75) is 0 Å². The van der Waals surface area contributed by atoms with Gasteiger partial charge < -0.3 is 14.6 Å². The Labute approximate surface area is 157 Å². The largest absolute Gasteiger partial charge is 0.476 e. The molecule has 0 bridgehead atoms. The molecule has 2 aromatic heterocycles. The summed E-state index contributed by atoms with van der Waals surface area (Å²) in [5, 5.41) is 2.81. The molecule has 0 saturated carbocycles. The maximum atomic E-state index is 6.02. The highest BCUT2D eigenvalue weighted by atomic mass is 35.5. The second-order valence-corrected chi connectivity index (χ2v) is 7.00. The third-order valence-corrected chi connectivity index (χ3v) is 4.63. The molecule has 0 amide bonds. The predicted molar refractivity (Wildman–Crippen MR) is 108 cm³/mol. The van der Waals surface area contributed by atoms with Crippen molar-refractivity contribution < 1.29 is 4.74 Å². The highest BCUT2D eigenvalue weighted by molar-refractivity contribution is 6.30. The van der Waals surface area contributed by atoms with E-state index in [1.54, 1.807) is 0 Å². The molecule has 0 atom stereocenters. The van der Waals surface area contributed by atoms with Gasteiger partial charge in [-0.1, -0.05) is 41.9 Å². The van der Waals surface area contributed by atoms with Gasteiger partial charge in [0.2, 0.25) is 5.88 Å². The van der Waals surface area contributed by atoms with Gasteiger partial charge in [-0.2, -0.15) is 0 Å². The van der Waals surface area contributed by atoms with Crippen molar-refractivity contribution in [3.05, 3.63) is 59.6 Å². The minimum Gasteiger partial charge on any atom is -0.476 e. The SMILES string of the molecule is CN(C)CCOc1nc2ccccc2c2[nH]c(-c3ccc(Cl)cc3)cc12. The summed E-state index contributed by atoms with van der Waals surface area (Å²) < 4.78 is 6.01. The third-order valence-electron chi connectivity index (χ3n) is 4.38. The van der Waals surface area contributed by atoms with Gasteiger partial charge in [-0.25, -0.2) is 4.98 Å². The molecule has 2 heterocycles. The molecule has 0 saturated heterocycles. The Morgan fingerprint density at radius 1 is 1.04 bits per heavy atom. The van der Waals surface area contributed by atoms with Gasteiger partial charge in [-0.3, -0.25) is 0 Å². The Balaban J connectivity index is 1.85. The zero-order valence-corrected chi connectivity index (χ0v) is 15.5. The molecule has 0 spiro atoms. The number of para-hydroxylation sites is 1. The number of pyridine rings is 1. The molecule has 0 radical (unpaired) electrons. The van der Waals surface area contributed by atoms with Crippen LogP contribution in [0.5, 0.6) is 5.88 Å². The molecule has 0 unspecified atom stereocenters. The van der Waals surface area contributed by atoms with Gasteiger partial charge in [0.05, 0.1) is 16.4 Å². The highest BCUT2D eigenvalue weighted by Gasteiger charge is 2.14. The number of halogens is 1. The van der Waals surface area contributed by atoms with E-state index < -0.39 is 0 Å². The Morgan fingerprint density at radius 3 is 2.58 bits per heavy atom. The van der Waals surface area contributed by atoms with E-state index in [0.717, 1.165) is 44.6 Å². The number of benzene rings is 2. The van der Waals surface area contributed by atoms with E-state index in [1.165, 1.54) is 0 Å². The fourth-order valence-electron chi connectivity index (χ4n) is 3.01. The van der Waals surface area contributed by atoms with Crippen molar-refractivity contribution in [3.8, 4) is 17.1 Å². The van der Waals surface area contributed by atoms with Crippen LogP contribution in [0.2, 0.25) is 5.02 Å². The minimum atomic E-state index is 0.592. The van der Waals surface area contributed by atoms with Crippen LogP contribution in [0.25, 0.3) is 33.1 Å². The molecular weight excluding hydrogens is 346 g/mol. The van der Waals surface area contributed by atoms with Crippen molar-refractivity contribution in [1.29, 1.82) is 0 Å². The molecule has 0 aliphatic rings. The first-order valence-electron chi connectivity index (χ1n) is 8.57. The van der Waals surface area contributed by atoms with Crippen molar-refractivity contribution in [2.75, 3.05) is 27.2 Å². The molecular formula is C21H20ClN3O. The van der Waals surface area contributed by atoms with Crippen LogP contribution in [-0.4, -0.2) is 42.1 Å². The van der Waals surface area contributed by atoms with Crippen LogP contribution < -0.4 is 4.74 Å². The van der Waals surface area contributed by atoms with Gasteiger partial charge in [-0.15, -0.1) is 0 Å². The summed E-state index contributed by atoms with van der Waals surface area (Å²) in [6.45, 7) is 1.43. The van der Waals surface area contributed by atoms with Gasteiger partial charge in [0.1, 0.15) is 6.61 Å². The Bertz CT molecular complexity index is 1050. The highest BCUT2D eigenvalue weighted by Crippen LogP contribution is 2.34. The standard InChI is InChI=1S/C21H20ClN3O/c1-25(2)11-12-26-21-17-13-19(14-7-9-15(22)10-8-14)23-20(17)16-5-3-4-6-18(16)24-21/h3-10,13,23H,11-12H2,1-2H3. The van der Waals surface area contributed by atoms with Crippen molar-refractivity contribution in [1.82, 2.24) is 14.9 Å². The number of likely N-dealkylation sites (N-methyl/N-ethyl adjacent to an activating group) is 1. The Hall–Kier alpha value is -2.56. The van der Waals surface area contributed by atoms with E-state index in [1.807, 2.05) is 56.6 Å². The number of nitrogens with one attached hydrogen (secondary N) is 1. The zero-order chi connectivity index (χ0) is 18.1. The quantitative estimate of drug-likeness (QED) is 0.542. The van der Waals surface area contributed by atoms with Gasteiger partial charge in [0, 0.05) is 22.6 Å². The smallest absolute Gasteiger partial charge is 0.223 e. The van der Waals surface area contributed by atoms with Crippen molar-refractivity contribution >= 4 is 33.4 Å². The minimum absolute atomic E-state index is 0.592. The molecule has 0 aliphatic carbocycles. The van der Waals surface area contributed by atoms with Crippen LogP contribution >= 0.6 is 11.6 Å². The molecule has 132 valence electrons. The topological polar surface area (TPSA) is 41.1 Å². The average molecular weight is 366 g/mol. The predicted octanol–water partition coefficient (Wildman–Crippen LogP) is 4.98. The summed E-state index contributed by atoms with van der Waals surface area (Å²) in [7, 11) is 4.06. The molecule has 26 heavy (non-hydrogen) atoms. The second-order valence-electron chi connectivity index (χ2n) is 6.56. The number of rotatable bonds is 5. The summed E-state index contributed by atoms with van der Waals surface area (Å²) in [5.74, 6) is 0.664. The number of hydrogen-bond donors (Lipinski definition) is 1. The molecule has 1 N–H and O–H groups in total. The first-order valence-corrected chi connectivity index (χ1v) is 8.94. The van der Waals surface area contributed by atoms with Crippen LogP contribution in [0.4, 0.5) is 0 Å². The number of H-pyrrole nitrogens is 1. The molecule has 0 fully saturated rings. The fourth-order valence-corrected chi connectivity index (χ4v) is 3.13. The van der Waals surface area contributed by atoms with Crippen LogP contribution in [-0.2, 0) is 0 Å².